The lowest BCUT2D eigenvalue weighted by Gasteiger charge is -2.19. The third-order valence-electron chi connectivity index (χ3n) is 6.56. The molecule has 0 aliphatic heterocycles. The quantitative estimate of drug-likeness (QED) is 0.141. The van der Waals surface area contributed by atoms with Crippen molar-refractivity contribution in [1.29, 1.82) is 0 Å². The zero-order valence-corrected chi connectivity index (χ0v) is 25.1. The third-order valence-corrected chi connectivity index (χ3v) is 9.70. The Balaban J connectivity index is 1.07. The number of imidazole rings is 1. The first-order valence-corrected chi connectivity index (χ1v) is 16.0. The molecule has 2 heterocycles. The summed E-state index contributed by atoms with van der Waals surface area (Å²) < 4.78 is 1.74. The number of nitrogens with zero attached hydrogens (tertiary/aromatic N) is 2. The minimum absolute atomic E-state index is 0.0687. The molecule has 10 heteroatoms. The number of H-pyrrole nitrogens is 1. The average Bonchev–Trinajstić information content (AvgIpc) is 3.62. The predicted octanol–water partition coefficient (Wildman–Crippen LogP) is 7.29. The number of amides is 2. The van der Waals surface area contributed by atoms with Gasteiger partial charge in [-0.1, -0.05) is 96.3 Å². The van der Waals surface area contributed by atoms with E-state index in [4.69, 9.17) is 0 Å². The van der Waals surface area contributed by atoms with Crippen molar-refractivity contribution in [3.05, 3.63) is 114 Å². The molecule has 0 aliphatic carbocycles. The number of nitrogens with one attached hydrogen (secondary N) is 3. The van der Waals surface area contributed by atoms with Crippen LogP contribution >= 0.6 is 34.9 Å². The Labute approximate surface area is 255 Å². The summed E-state index contributed by atoms with van der Waals surface area (Å²) in [4.78, 5) is 38.4. The summed E-state index contributed by atoms with van der Waals surface area (Å²) in [6.45, 7) is 1.86. The summed E-state index contributed by atoms with van der Waals surface area (Å²) in [5.41, 5.74) is 5.42. The van der Waals surface area contributed by atoms with Gasteiger partial charge in [0.15, 0.2) is 9.50 Å². The topological polar surface area (TPSA) is 99.8 Å². The van der Waals surface area contributed by atoms with Crippen LogP contribution in [0.2, 0.25) is 0 Å². The van der Waals surface area contributed by atoms with E-state index in [9.17, 15) is 9.59 Å². The summed E-state index contributed by atoms with van der Waals surface area (Å²) in [5, 5.41) is 6.55. The molecule has 2 aromatic heterocycles. The van der Waals surface area contributed by atoms with Crippen molar-refractivity contribution >= 4 is 73.6 Å². The van der Waals surface area contributed by atoms with Crippen LogP contribution in [0.1, 0.15) is 24.1 Å². The second kappa shape index (κ2) is 12.8. The van der Waals surface area contributed by atoms with E-state index in [-0.39, 0.29) is 28.9 Å². The summed E-state index contributed by atoms with van der Waals surface area (Å²) in [6.07, 6.45) is 0. The first-order chi connectivity index (χ1) is 20.5. The van der Waals surface area contributed by atoms with Gasteiger partial charge in [-0.25, -0.2) is 9.97 Å². The highest BCUT2D eigenvalue weighted by Gasteiger charge is 2.19. The van der Waals surface area contributed by atoms with Crippen LogP contribution < -0.4 is 10.6 Å². The molecule has 0 aliphatic rings. The van der Waals surface area contributed by atoms with Crippen LogP contribution in [0.4, 0.5) is 5.69 Å². The number of anilines is 1. The van der Waals surface area contributed by atoms with Crippen LogP contribution in [-0.4, -0.2) is 37.8 Å². The highest BCUT2D eigenvalue weighted by Crippen LogP contribution is 2.32. The van der Waals surface area contributed by atoms with Gasteiger partial charge in [0, 0.05) is 5.69 Å². The fraction of sp³-hybridized carbons (Fsp3) is 0.125. The van der Waals surface area contributed by atoms with Gasteiger partial charge in [0.05, 0.1) is 38.3 Å². The lowest BCUT2D eigenvalue weighted by Crippen LogP contribution is -2.30. The van der Waals surface area contributed by atoms with Crippen LogP contribution in [0, 0.1) is 0 Å². The molecule has 0 saturated heterocycles. The maximum absolute atomic E-state index is 13.0. The van der Waals surface area contributed by atoms with Gasteiger partial charge in [0.1, 0.15) is 0 Å². The van der Waals surface area contributed by atoms with Gasteiger partial charge in [0.2, 0.25) is 11.8 Å². The van der Waals surface area contributed by atoms with Crippen molar-refractivity contribution in [1.82, 2.24) is 20.3 Å². The molecule has 7 nitrogen and oxygen atoms in total. The maximum atomic E-state index is 13.0. The molecular formula is C32H27N5O2S3. The SMILES string of the molecule is C[C@H](Sc1nc2ccccc2[nH]1)C(=O)Nc1ccc2nc(SCC(=O)NC(c3ccccc3)c3ccccc3)sc2c1. The summed E-state index contributed by atoms with van der Waals surface area (Å²) >= 11 is 4.30. The summed E-state index contributed by atoms with van der Waals surface area (Å²) in [5.74, 6) is 0.0682. The Bertz CT molecular complexity index is 1770. The second-order valence-electron chi connectivity index (χ2n) is 9.58. The summed E-state index contributed by atoms with van der Waals surface area (Å²) in [6, 6.07) is 33.2. The first kappa shape index (κ1) is 28.0. The molecule has 2 amide bonds. The number of rotatable bonds is 10. The zero-order valence-electron chi connectivity index (χ0n) is 22.6. The highest BCUT2D eigenvalue weighted by molar-refractivity contribution is 8.01. The molecule has 0 spiro atoms. The fourth-order valence-corrected chi connectivity index (χ4v) is 7.21. The molecule has 3 N–H and O–H groups in total. The van der Waals surface area contributed by atoms with E-state index in [1.165, 1.54) is 34.9 Å². The first-order valence-electron chi connectivity index (χ1n) is 13.4. The lowest BCUT2D eigenvalue weighted by molar-refractivity contribution is -0.119. The van der Waals surface area contributed by atoms with E-state index in [1.54, 1.807) is 0 Å². The molecule has 6 aromatic rings. The molecule has 0 saturated carbocycles. The molecule has 6 rings (SSSR count). The number of hydrogen-bond acceptors (Lipinski definition) is 7. The van der Waals surface area contributed by atoms with Crippen LogP contribution in [0.25, 0.3) is 21.3 Å². The van der Waals surface area contributed by atoms with Crippen molar-refractivity contribution in [2.45, 2.75) is 27.7 Å². The molecule has 0 radical (unpaired) electrons. The van der Waals surface area contributed by atoms with Crippen molar-refractivity contribution < 1.29 is 9.59 Å². The van der Waals surface area contributed by atoms with Crippen molar-refractivity contribution in [3.8, 4) is 0 Å². The summed E-state index contributed by atoms with van der Waals surface area (Å²) in [7, 11) is 0. The number of carbonyl (C=O) groups excluding carboxylic acids is 2. The Morgan fingerprint density at radius 3 is 2.26 bits per heavy atom. The van der Waals surface area contributed by atoms with Crippen LogP contribution in [0.3, 0.4) is 0 Å². The number of fused-ring (bicyclic) bond motifs is 2. The van der Waals surface area contributed by atoms with E-state index in [2.05, 4.69) is 25.6 Å². The zero-order chi connectivity index (χ0) is 28.9. The van der Waals surface area contributed by atoms with Crippen LogP contribution in [0.15, 0.2) is 113 Å². The van der Waals surface area contributed by atoms with Crippen molar-refractivity contribution in [3.63, 3.8) is 0 Å². The van der Waals surface area contributed by atoms with Crippen LogP contribution in [0.5, 0.6) is 0 Å². The molecule has 42 heavy (non-hydrogen) atoms. The monoisotopic (exact) mass is 609 g/mol. The fourth-order valence-electron chi connectivity index (χ4n) is 4.47. The van der Waals surface area contributed by atoms with Crippen molar-refractivity contribution in [2.24, 2.45) is 0 Å². The normalized spacial score (nSPS) is 12.0. The number of aromatic amines is 1. The molecule has 210 valence electrons. The number of hydrogen-bond donors (Lipinski definition) is 3. The Morgan fingerprint density at radius 2 is 1.55 bits per heavy atom. The largest absolute Gasteiger partial charge is 0.344 e. The Morgan fingerprint density at radius 1 is 0.857 bits per heavy atom. The number of carbonyl (C=O) groups is 2. The van der Waals surface area contributed by atoms with E-state index >= 15 is 0 Å². The molecule has 4 aromatic carbocycles. The average molecular weight is 610 g/mol. The number of aromatic nitrogens is 3. The third kappa shape index (κ3) is 6.67. The maximum Gasteiger partial charge on any atom is 0.237 e. The van der Waals surface area contributed by atoms with Gasteiger partial charge in [-0.3, -0.25) is 9.59 Å². The van der Waals surface area contributed by atoms with Gasteiger partial charge in [0.25, 0.3) is 0 Å². The van der Waals surface area contributed by atoms with E-state index < -0.39 is 0 Å². The van der Waals surface area contributed by atoms with Gasteiger partial charge in [-0.2, -0.15) is 0 Å². The Hall–Kier alpha value is -4.12. The molecule has 1 atom stereocenters. The molecule has 0 unspecified atom stereocenters. The predicted molar refractivity (Wildman–Crippen MR) is 173 cm³/mol. The van der Waals surface area contributed by atoms with E-state index in [0.29, 0.717) is 10.8 Å². The van der Waals surface area contributed by atoms with Crippen LogP contribution in [-0.2, 0) is 9.59 Å². The minimum Gasteiger partial charge on any atom is -0.344 e. The molecular weight excluding hydrogens is 583 g/mol. The molecule has 0 bridgehead atoms. The number of benzene rings is 4. The number of thiazole rings is 1. The smallest absolute Gasteiger partial charge is 0.237 e. The second-order valence-corrected chi connectivity index (χ2v) is 13.2. The Kier molecular flexibility index (Phi) is 8.55. The highest BCUT2D eigenvalue weighted by atomic mass is 32.2. The standard InChI is InChI=1S/C32H27N5O2S3/c1-20(41-31-34-24-14-8-9-15-25(24)35-31)30(39)33-23-16-17-26-27(18-23)42-32(36-26)40-19-28(38)37-29(21-10-4-2-5-11-21)22-12-6-3-7-13-22/h2-18,20,29H,19H2,1H3,(H,33,39)(H,34,35)(H,37,38)/t20-/m0/s1. The number of thioether (sulfide) groups is 2. The van der Waals surface area contributed by atoms with Gasteiger partial charge in [-0.15, -0.1) is 11.3 Å². The molecule has 0 fully saturated rings. The van der Waals surface area contributed by atoms with Gasteiger partial charge in [-0.05, 0) is 48.4 Å². The lowest BCUT2D eigenvalue weighted by atomic mass is 9.99. The minimum atomic E-state index is -0.344. The van der Waals surface area contributed by atoms with Gasteiger partial charge < -0.3 is 15.6 Å². The van der Waals surface area contributed by atoms with Gasteiger partial charge >= 0.3 is 0 Å². The number of para-hydroxylation sites is 2. The van der Waals surface area contributed by atoms with E-state index in [0.717, 1.165) is 36.7 Å². The van der Waals surface area contributed by atoms with E-state index in [1.807, 2.05) is 110 Å². The van der Waals surface area contributed by atoms with Crippen molar-refractivity contribution in [2.75, 3.05) is 11.1 Å².